The van der Waals surface area contributed by atoms with Crippen molar-refractivity contribution in [1.82, 2.24) is 0 Å². The fourth-order valence-electron chi connectivity index (χ4n) is 1.19. The molecule has 0 aromatic rings. The number of rotatable bonds is 12. The molecule has 0 heterocycles. The third kappa shape index (κ3) is 10.6. The average molecular weight is 419 g/mol. The number of halogens is 2. The molecule has 0 fully saturated rings. The van der Waals surface area contributed by atoms with Crippen LogP contribution >= 0.6 is 31.0 Å². The number of hydrogen-bond acceptors (Lipinski definition) is 7. The zero-order chi connectivity index (χ0) is 19.6. The molecule has 2 atom stereocenters. The summed E-state index contributed by atoms with van der Waals surface area (Å²) in [6.07, 6.45) is -2.20. The molecule has 0 aliphatic rings. The summed E-state index contributed by atoms with van der Waals surface area (Å²) in [4.78, 5) is 32.3. The molecule has 0 bridgehead atoms. The molecule has 144 valence electrons. The predicted octanol–water partition coefficient (Wildman–Crippen LogP) is 2.57. The van der Waals surface area contributed by atoms with Crippen molar-refractivity contribution in [3.8, 4) is 0 Å². The number of phosphoric acid groups is 1. The molecule has 0 spiro atoms. The summed E-state index contributed by atoms with van der Waals surface area (Å²) >= 11 is 11.2. The Morgan fingerprint density at radius 2 is 1.28 bits per heavy atom. The first kappa shape index (κ1) is 24.1. The Kier molecular flexibility index (Phi) is 11.3. The Morgan fingerprint density at radius 1 is 0.960 bits per heavy atom. The minimum absolute atomic E-state index is 0.151. The van der Waals surface area contributed by atoms with E-state index in [-0.39, 0.29) is 36.1 Å². The number of phosphoric ester groups is 1. The molecular weight excluding hydrogens is 398 g/mol. The fraction of sp³-hybridized carbons (Fsp3) is 0.571. The van der Waals surface area contributed by atoms with Gasteiger partial charge in [0, 0.05) is 11.1 Å². The first-order valence-corrected chi connectivity index (χ1v) is 9.55. The molecule has 0 radical (unpaired) electrons. The van der Waals surface area contributed by atoms with Gasteiger partial charge in [0.15, 0.2) is 0 Å². The van der Waals surface area contributed by atoms with Crippen molar-refractivity contribution in [1.29, 1.82) is 0 Å². The van der Waals surface area contributed by atoms with E-state index in [0.29, 0.717) is 0 Å². The van der Waals surface area contributed by atoms with Crippen LogP contribution in [0.2, 0.25) is 0 Å². The minimum Gasteiger partial charge on any atom is -0.460 e. The average Bonchev–Trinajstić information content (AvgIpc) is 2.53. The van der Waals surface area contributed by atoms with Gasteiger partial charge >= 0.3 is 19.8 Å². The Labute approximate surface area is 156 Å². The molecule has 0 saturated heterocycles. The van der Waals surface area contributed by atoms with Crippen molar-refractivity contribution < 1.29 is 37.6 Å². The molecule has 11 heteroatoms. The Balaban J connectivity index is 4.61. The molecule has 0 aliphatic heterocycles. The van der Waals surface area contributed by atoms with E-state index >= 15 is 0 Å². The molecule has 2 unspecified atom stereocenters. The second kappa shape index (κ2) is 11.7. The largest absolute Gasteiger partial charge is 0.473 e. The van der Waals surface area contributed by atoms with Gasteiger partial charge in [0.25, 0.3) is 0 Å². The zero-order valence-electron chi connectivity index (χ0n) is 13.9. The van der Waals surface area contributed by atoms with E-state index in [1.807, 2.05) is 0 Å². The van der Waals surface area contributed by atoms with Gasteiger partial charge in [-0.3, -0.25) is 9.05 Å². The Bertz CT molecular complexity index is 507. The van der Waals surface area contributed by atoms with Crippen molar-refractivity contribution in [2.24, 2.45) is 0 Å². The summed E-state index contributed by atoms with van der Waals surface area (Å²) in [7, 11) is -4.60. The quantitative estimate of drug-likeness (QED) is 0.223. The van der Waals surface area contributed by atoms with Gasteiger partial charge in [0.1, 0.15) is 25.4 Å². The van der Waals surface area contributed by atoms with Gasteiger partial charge in [0.05, 0.1) is 11.8 Å². The highest BCUT2D eigenvalue weighted by Gasteiger charge is 2.31. The van der Waals surface area contributed by atoms with Crippen LogP contribution in [0.3, 0.4) is 0 Å². The van der Waals surface area contributed by atoms with Crippen molar-refractivity contribution >= 4 is 43.0 Å². The summed E-state index contributed by atoms with van der Waals surface area (Å²) in [6, 6.07) is 0. The van der Waals surface area contributed by atoms with Gasteiger partial charge in [0.2, 0.25) is 0 Å². The maximum atomic E-state index is 12.0. The maximum absolute atomic E-state index is 12.0. The van der Waals surface area contributed by atoms with E-state index in [4.69, 9.17) is 41.7 Å². The van der Waals surface area contributed by atoms with E-state index in [9.17, 15) is 19.0 Å². The van der Waals surface area contributed by atoms with Crippen LogP contribution in [0.1, 0.15) is 13.8 Å². The number of hydrogen-bond donors (Lipinski definition) is 1. The van der Waals surface area contributed by atoms with E-state index in [1.165, 1.54) is 13.8 Å². The van der Waals surface area contributed by atoms with Crippen LogP contribution in [0.5, 0.6) is 0 Å². The highest BCUT2D eigenvalue weighted by atomic mass is 35.5. The Hall–Kier alpha value is -0.890. The first-order valence-electron chi connectivity index (χ1n) is 6.99. The molecule has 0 amide bonds. The molecule has 0 saturated carbocycles. The zero-order valence-corrected chi connectivity index (χ0v) is 16.3. The first-order chi connectivity index (χ1) is 11.5. The number of carbonyl (C=O) groups is 2. The normalized spacial score (nSPS) is 15.6. The number of esters is 2. The SMILES string of the molecule is C=C(C)C(=O)OCC(CCl)OP(=O)(O)OC(CCl)COC(=O)C(=C)C. The van der Waals surface area contributed by atoms with Crippen LogP contribution in [0.4, 0.5) is 0 Å². The number of alkyl halides is 2. The van der Waals surface area contributed by atoms with Crippen LogP contribution in [0.25, 0.3) is 0 Å². The lowest BCUT2D eigenvalue weighted by Gasteiger charge is -2.22. The monoisotopic (exact) mass is 418 g/mol. The standard InChI is InChI=1S/C14H21Cl2O8P/c1-9(2)13(17)21-7-11(5-15)23-25(19,20)24-12(6-16)8-22-14(18)10(3)4/h11-12H,1,3,5-8H2,2,4H3,(H,19,20). The van der Waals surface area contributed by atoms with E-state index < -0.39 is 32.0 Å². The number of carbonyl (C=O) groups excluding carboxylic acids is 2. The van der Waals surface area contributed by atoms with Crippen molar-refractivity contribution in [3.05, 3.63) is 24.3 Å². The van der Waals surface area contributed by atoms with Gasteiger partial charge in [-0.1, -0.05) is 13.2 Å². The summed E-state index contributed by atoms with van der Waals surface area (Å²) in [5.41, 5.74) is 0.302. The summed E-state index contributed by atoms with van der Waals surface area (Å²) < 4.78 is 31.3. The molecule has 1 N–H and O–H groups in total. The van der Waals surface area contributed by atoms with Gasteiger partial charge < -0.3 is 14.4 Å². The topological polar surface area (TPSA) is 108 Å². The fourth-order valence-corrected chi connectivity index (χ4v) is 2.75. The summed E-state index contributed by atoms with van der Waals surface area (Å²) in [5, 5.41) is 0. The minimum atomic E-state index is -4.60. The summed E-state index contributed by atoms with van der Waals surface area (Å²) in [6.45, 7) is 8.91. The van der Waals surface area contributed by atoms with Gasteiger partial charge in [-0.05, 0) is 13.8 Å². The van der Waals surface area contributed by atoms with Crippen LogP contribution in [-0.4, -0.2) is 54.0 Å². The molecular formula is C14H21Cl2O8P. The van der Waals surface area contributed by atoms with Crippen LogP contribution in [0, 0.1) is 0 Å². The highest BCUT2D eigenvalue weighted by Crippen LogP contribution is 2.46. The third-order valence-corrected chi connectivity index (χ3v) is 4.22. The van der Waals surface area contributed by atoms with Crippen molar-refractivity contribution in [3.63, 3.8) is 0 Å². The van der Waals surface area contributed by atoms with E-state index in [0.717, 1.165) is 0 Å². The molecule has 0 aliphatic carbocycles. The molecule has 0 aromatic heterocycles. The lowest BCUT2D eigenvalue weighted by molar-refractivity contribution is -0.141. The van der Waals surface area contributed by atoms with Crippen LogP contribution in [-0.2, 0) is 32.7 Å². The predicted molar refractivity (Wildman–Crippen MR) is 92.6 cm³/mol. The van der Waals surface area contributed by atoms with Crippen molar-refractivity contribution in [2.75, 3.05) is 25.0 Å². The lowest BCUT2D eigenvalue weighted by atomic mass is 10.3. The maximum Gasteiger partial charge on any atom is 0.473 e. The van der Waals surface area contributed by atoms with Gasteiger partial charge in [-0.15, -0.1) is 23.2 Å². The second-order valence-electron chi connectivity index (χ2n) is 4.99. The highest BCUT2D eigenvalue weighted by molar-refractivity contribution is 7.47. The van der Waals surface area contributed by atoms with Crippen LogP contribution < -0.4 is 0 Å². The molecule has 8 nitrogen and oxygen atoms in total. The van der Waals surface area contributed by atoms with Gasteiger partial charge in [-0.2, -0.15) is 0 Å². The summed E-state index contributed by atoms with van der Waals surface area (Å²) in [5.74, 6) is -1.88. The Morgan fingerprint density at radius 3 is 1.52 bits per heavy atom. The van der Waals surface area contributed by atoms with Crippen LogP contribution in [0.15, 0.2) is 24.3 Å². The smallest absolute Gasteiger partial charge is 0.460 e. The molecule has 25 heavy (non-hydrogen) atoms. The van der Waals surface area contributed by atoms with E-state index in [2.05, 4.69) is 13.2 Å². The third-order valence-electron chi connectivity index (χ3n) is 2.41. The lowest BCUT2D eigenvalue weighted by Crippen LogP contribution is -2.27. The molecule has 0 aromatic carbocycles. The molecule has 0 rings (SSSR count). The number of ether oxygens (including phenoxy) is 2. The second-order valence-corrected chi connectivity index (χ2v) is 6.97. The van der Waals surface area contributed by atoms with E-state index in [1.54, 1.807) is 0 Å². The van der Waals surface area contributed by atoms with Crippen molar-refractivity contribution in [2.45, 2.75) is 26.1 Å². The van der Waals surface area contributed by atoms with Gasteiger partial charge in [-0.25, -0.2) is 14.2 Å².